The average Bonchev–Trinajstić information content (AvgIpc) is 3.43. The van der Waals surface area contributed by atoms with Crippen LogP contribution < -0.4 is 10.2 Å². The average molecular weight is 569 g/mol. The minimum Gasteiger partial charge on any atom is -0.466 e. The van der Waals surface area contributed by atoms with Gasteiger partial charge in [-0.25, -0.2) is 0 Å². The predicted molar refractivity (Wildman–Crippen MR) is 141 cm³/mol. The fourth-order valence-electron chi connectivity index (χ4n) is 5.97. The molecule has 3 saturated heterocycles. The van der Waals surface area contributed by atoms with Gasteiger partial charge in [-0.15, -0.1) is 11.8 Å². The smallest absolute Gasteiger partial charge is 0.310 e. The quantitative estimate of drug-likeness (QED) is 0.331. The minimum absolute atomic E-state index is 0.00685. The summed E-state index contributed by atoms with van der Waals surface area (Å²) in [7, 11) is 0. The third kappa shape index (κ3) is 4.46. The van der Waals surface area contributed by atoms with Crippen LogP contribution >= 0.6 is 27.7 Å². The molecule has 3 aliphatic rings. The van der Waals surface area contributed by atoms with Crippen LogP contribution in [0.1, 0.15) is 33.6 Å². The number of carbonyl (C=O) groups is 3. The molecule has 3 heterocycles. The largest absolute Gasteiger partial charge is 0.466 e. The molecule has 0 aromatic heterocycles. The molecule has 192 valence electrons. The maximum absolute atomic E-state index is 13.8. The molecular weight excluding hydrogens is 534 g/mol. The molecule has 3 fully saturated rings. The number of alkyl halides is 1. The Kier molecular flexibility index (Phi) is 8.02. The second-order valence-electron chi connectivity index (χ2n) is 9.23. The normalized spacial score (nSPS) is 30.9. The van der Waals surface area contributed by atoms with E-state index in [-0.39, 0.29) is 47.6 Å². The number of rotatable bonds is 10. The maximum Gasteiger partial charge on any atom is 0.310 e. The number of carbonyl (C=O) groups excluding carboxylic acids is 3. The van der Waals surface area contributed by atoms with Gasteiger partial charge in [-0.05, 0) is 57.9 Å². The molecule has 1 aromatic rings. The Hall–Kier alpha value is -1.78. The van der Waals surface area contributed by atoms with E-state index < -0.39 is 22.6 Å². The molecule has 2 N–H and O–H groups in total. The Morgan fingerprint density at radius 3 is 2.54 bits per heavy atom. The van der Waals surface area contributed by atoms with Crippen molar-refractivity contribution in [2.24, 2.45) is 11.8 Å². The molecule has 3 aliphatic heterocycles. The molecule has 35 heavy (non-hydrogen) atoms. The zero-order valence-electron chi connectivity index (χ0n) is 20.4. The summed E-state index contributed by atoms with van der Waals surface area (Å²) in [4.78, 5) is 44.2. The molecule has 2 amide bonds. The summed E-state index contributed by atoms with van der Waals surface area (Å²) in [5.74, 6) is -2.02. The van der Waals surface area contributed by atoms with Crippen molar-refractivity contribution in [3.63, 3.8) is 0 Å². The molecule has 1 aromatic carbocycles. The lowest BCUT2D eigenvalue weighted by molar-refractivity contribution is -0.153. The van der Waals surface area contributed by atoms with Gasteiger partial charge in [0, 0.05) is 47.7 Å². The lowest BCUT2D eigenvalue weighted by Crippen LogP contribution is -2.52. The van der Waals surface area contributed by atoms with Crippen molar-refractivity contribution in [2.75, 3.05) is 43.1 Å². The van der Waals surface area contributed by atoms with E-state index in [0.29, 0.717) is 18.5 Å². The second kappa shape index (κ2) is 10.7. The van der Waals surface area contributed by atoms with Crippen LogP contribution in [0.25, 0.3) is 0 Å². The van der Waals surface area contributed by atoms with Crippen molar-refractivity contribution in [2.45, 2.75) is 54.5 Å². The number of hydrogen-bond donors (Lipinski definition) is 2. The Bertz CT molecular complexity index is 959. The van der Waals surface area contributed by atoms with Gasteiger partial charge in [-0.2, -0.15) is 0 Å². The Morgan fingerprint density at radius 2 is 1.94 bits per heavy atom. The summed E-state index contributed by atoms with van der Waals surface area (Å²) in [5, 5.41) is 12.3. The molecule has 8 nitrogen and oxygen atoms in total. The molecule has 2 bridgehead atoms. The predicted octanol–water partition coefficient (Wildman–Crippen LogP) is 2.88. The number of amides is 2. The standard InChI is InChI=1S/C25H34BrN3O5S/c1-4-28(5-2)16-10-8-15(9-11-16)27-22(31)21-25-14-17(26)20(35-25)18(24(33)34-6-3)19(25)23(32)29(21)12-7-13-30/h8-11,17-21,30H,4-7,12-14H2,1-3H3,(H,27,31)/t17?,18-,19+,20-,21?,25?/m1/s1. The van der Waals surface area contributed by atoms with E-state index in [1.165, 1.54) is 0 Å². The summed E-state index contributed by atoms with van der Waals surface area (Å²) >= 11 is 5.30. The van der Waals surface area contributed by atoms with E-state index >= 15 is 0 Å². The summed E-state index contributed by atoms with van der Waals surface area (Å²) in [6.07, 6.45) is 0.982. The lowest BCUT2D eigenvalue weighted by atomic mass is 9.71. The third-order valence-corrected chi connectivity index (χ3v) is 10.6. The summed E-state index contributed by atoms with van der Waals surface area (Å²) in [6.45, 7) is 8.17. The lowest BCUT2D eigenvalue weighted by Gasteiger charge is -2.35. The van der Waals surface area contributed by atoms with Crippen LogP contribution in [0.5, 0.6) is 0 Å². The van der Waals surface area contributed by atoms with Gasteiger partial charge >= 0.3 is 5.97 Å². The van der Waals surface area contributed by atoms with Crippen molar-refractivity contribution >= 4 is 56.9 Å². The number of thioether (sulfide) groups is 1. The van der Waals surface area contributed by atoms with Gasteiger partial charge in [0.2, 0.25) is 11.8 Å². The van der Waals surface area contributed by atoms with Gasteiger partial charge in [0.05, 0.1) is 23.2 Å². The second-order valence-corrected chi connectivity index (χ2v) is 11.9. The number of halogens is 1. The molecule has 3 unspecified atom stereocenters. The number of fused-ring (bicyclic) bond motifs is 1. The number of nitrogens with zero attached hydrogens (tertiary/aromatic N) is 2. The number of benzene rings is 1. The maximum atomic E-state index is 13.8. The number of ether oxygens (including phenoxy) is 1. The third-order valence-electron chi connectivity index (χ3n) is 7.42. The first kappa shape index (κ1) is 26.3. The molecule has 6 atom stereocenters. The molecular formula is C25H34BrN3O5S. The molecule has 10 heteroatoms. The molecule has 1 spiro atoms. The SMILES string of the molecule is CCOC(=O)[C@H]1[C@@H]2SC3(CC2Br)C(C(=O)Nc2ccc(N(CC)CC)cc2)N(CCCO)C(=O)[C@H]13. The van der Waals surface area contributed by atoms with Crippen LogP contribution in [0.4, 0.5) is 11.4 Å². The fraction of sp³-hybridized carbons (Fsp3) is 0.640. The summed E-state index contributed by atoms with van der Waals surface area (Å²) < 4.78 is 4.63. The van der Waals surface area contributed by atoms with E-state index in [1.807, 2.05) is 24.3 Å². The minimum atomic E-state index is -0.733. The van der Waals surface area contributed by atoms with Gasteiger partial charge in [-0.1, -0.05) is 15.9 Å². The first-order valence-electron chi connectivity index (χ1n) is 12.4. The summed E-state index contributed by atoms with van der Waals surface area (Å²) in [6, 6.07) is 6.98. The first-order valence-corrected chi connectivity index (χ1v) is 14.2. The molecule has 0 aliphatic carbocycles. The van der Waals surface area contributed by atoms with Gasteiger partial charge in [0.15, 0.2) is 0 Å². The van der Waals surface area contributed by atoms with E-state index in [1.54, 1.807) is 23.6 Å². The van der Waals surface area contributed by atoms with Crippen molar-refractivity contribution in [1.82, 2.24) is 4.90 Å². The van der Waals surface area contributed by atoms with Crippen LogP contribution in [0, 0.1) is 11.8 Å². The van der Waals surface area contributed by atoms with Gasteiger partial charge in [0.25, 0.3) is 0 Å². The monoisotopic (exact) mass is 567 g/mol. The molecule has 4 rings (SSSR count). The summed E-state index contributed by atoms with van der Waals surface area (Å²) in [5.41, 5.74) is 1.74. The highest BCUT2D eigenvalue weighted by atomic mass is 79.9. The zero-order chi connectivity index (χ0) is 25.3. The highest BCUT2D eigenvalue weighted by Gasteiger charge is 2.75. The van der Waals surface area contributed by atoms with Crippen LogP contribution in [0.2, 0.25) is 0 Å². The number of nitrogens with one attached hydrogen (secondary N) is 1. The fourth-order valence-corrected chi connectivity index (χ4v) is 9.58. The van der Waals surface area contributed by atoms with Crippen molar-refractivity contribution < 1.29 is 24.2 Å². The van der Waals surface area contributed by atoms with Crippen LogP contribution in [-0.2, 0) is 19.1 Å². The Labute approximate surface area is 219 Å². The number of likely N-dealkylation sites (tertiary alicyclic amines) is 1. The molecule has 0 radical (unpaired) electrons. The van der Waals surface area contributed by atoms with Gasteiger partial charge in [-0.3, -0.25) is 14.4 Å². The van der Waals surface area contributed by atoms with Crippen LogP contribution in [-0.4, -0.2) is 81.5 Å². The van der Waals surface area contributed by atoms with Crippen molar-refractivity contribution in [1.29, 1.82) is 0 Å². The Balaban J connectivity index is 1.63. The van der Waals surface area contributed by atoms with E-state index in [0.717, 1.165) is 18.8 Å². The number of esters is 1. The zero-order valence-corrected chi connectivity index (χ0v) is 22.8. The van der Waals surface area contributed by atoms with Gasteiger partial charge in [0.1, 0.15) is 6.04 Å². The number of anilines is 2. The van der Waals surface area contributed by atoms with E-state index in [2.05, 4.69) is 40.0 Å². The Morgan fingerprint density at radius 1 is 1.26 bits per heavy atom. The van der Waals surface area contributed by atoms with Crippen LogP contribution in [0.3, 0.4) is 0 Å². The highest BCUT2D eigenvalue weighted by Crippen LogP contribution is 2.67. The topological polar surface area (TPSA) is 99.2 Å². The van der Waals surface area contributed by atoms with E-state index in [4.69, 9.17) is 4.74 Å². The number of hydrogen-bond acceptors (Lipinski definition) is 7. The first-order chi connectivity index (χ1) is 16.8. The number of aliphatic hydroxyl groups excluding tert-OH is 1. The number of aliphatic hydroxyl groups is 1. The van der Waals surface area contributed by atoms with Gasteiger partial charge < -0.3 is 25.0 Å². The van der Waals surface area contributed by atoms with E-state index in [9.17, 15) is 19.5 Å². The molecule has 0 saturated carbocycles. The highest BCUT2D eigenvalue weighted by molar-refractivity contribution is 9.09. The van der Waals surface area contributed by atoms with Crippen molar-refractivity contribution in [3.05, 3.63) is 24.3 Å². The van der Waals surface area contributed by atoms with Crippen molar-refractivity contribution in [3.8, 4) is 0 Å². The van der Waals surface area contributed by atoms with Crippen LogP contribution in [0.15, 0.2) is 24.3 Å².